The molecule has 0 aliphatic carbocycles. The lowest BCUT2D eigenvalue weighted by Crippen LogP contribution is -2.26. The van der Waals surface area contributed by atoms with Crippen molar-refractivity contribution < 1.29 is 9.59 Å². The molecule has 0 spiro atoms. The zero-order valence-electron chi connectivity index (χ0n) is 9.87. The molecule has 7 N–H and O–H groups in total. The van der Waals surface area contributed by atoms with Gasteiger partial charge in [0.2, 0.25) is 5.91 Å². The number of rotatable bonds is 5. The van der Waals surface area contributed by atoms with Crippen molar-refractivity contribution >= 4 is 34.8 Å². The lowest BCUT2D eigenvalue weighted by molar-refractivity contribution is -0.118. The van der Waals surface area contributed by atoms with Gasteiger partial charge in [-0.1, -0.05) is 11.6 Å². The topological polar surface area (TPSA) is 124 Å². The second-order valence-corrected chi connectivity index (χ2v) is 4.41. The van der Waals surface area contributed by atoms with E-state index in [1.807, 2.05) is 0 Å². The van der Waals surface area contributed by atoms with Crippen LogP contribution in [-0.2, 0) is 4.79 Å². The van der Waals surface area contributed by atoms with Crippen LogP contribution in [-0.4, -0.2) is 17.9 Å². The minimum atomic E-state index is -0.655. The zero-order chi connectivity index (χ0) is 13.9. The van der Waals surface area contributed by atoms with Gasteiger partial charge in [0.15, 0.2) is 0 Å². The average Bonchev–Trinajstić information content (AvgIpc) is 2.20. The Morgan fingerprint density at radius 1 is 1.39 bits per heavy atom. The molecule has 98 valence electrons. The van der Waals surface area contributed by atoms with Gasteiger partial charge in [0.25, 0.3) is 5.91 Å². The number of amides is 2. The minimum Gasteiger partial charge on any atom is -0.399 e. The maximum atomic E-state index is 11.3. The Kier molecular flexibility index (Phi) is 4.38. The molecule has 7 heteroatoms. The summed E-state index contributed by atoms with van der Waals surface area (Å²) in [5, 5.41) is 3.19. The van der Waals surface area contributed by atoms with E-state index in [4.69, 9.17) is 28.8 Å². The molecule has 0 fully saturated rings. The van der Waals surface area contributed by atoms with E-state index >= 15 is 0 Å². The van der Waals surface area contributed by atoms with E-state index in [9.17, 15) is 9.59 Å². The molecule has 0 radical (unpaired) electrons. The third-order valence-corrected chi connectivity index (χ3v) is 2.57. The zero-order valence-corrected chi connectivity index (χ0v) is 10.6. The summed E-state index contributed by atoms with van der Waals surface area (Å²) < 4.78 is 0. The normalized spacial score (nSPS) is 11.9. The van der Waals surface area contributed by atoms with Gasteiger partial charge in [-0.25, -0.2) is 0 Å². The molecule has 18 heavy (non-hydrogen) atoms. The number of carbonyl (C=O) groups is 2. The number of anilines is 2. The summed E-state index contributed by atoms with van der Waals surface area (Å²) in [5.74, 6) is -1.11. The van der Waals surface area contributed by atoms with Crippen LogP contribution in [0, 0.1) is 0 Å². The summed E-state index contributed by atoms with van der Waals surface area (Å²) >= 11 is 5.99. The fourth-order valence-electron chi connectivity index (χ4n) is 1.57. The molecule has 0 saturated heterocycles. The van der Waals surface area contributed by atoms with Crippen LogP contribution in [0.3, 0.4) is 0 Å². The van der Waals surface area contributed by atoms with Crippen molar-refractivity contribution in [2.24, 2.45) is 11.5 Å². The largest absolute Gasteiger partial charge is 0.399 e. The van der Waals surface area contributed by atoms with E-state index in [1.165, 1.54) is 12.1 Å². The van der Waals surface area contributed by atoms with Gasteiger partial charge in [-0.15, -0.1) is 0 Å². The highest BCUT2D eigenvalue weighted by Crippen LogP contribution is 2.29. The van der Waals surface area contributed by atoms with Crippen LogP contribution < -0.4 is 22.5 Å². The molecule has 0 heterocycles. The van der Waals surface area contributed by atoms with Gasteiger partial charge >= 0.3 is 0 Å². The highest BCUT2D eigenvalue weighted by molar-refractivity contribution is 6.34. The summed E-state index contributed by atoms with van der Waals surface area (Å²) in [6, 6.07) is 2.64. The maximum absolute atomic E-state index is 11.3. The second-order valence-electron chi connectivity index (χ2n) is 4.01. The molecular weight excluding hydrogens is 256 g/mol. The highest BCUT2D eigenvalue weighted by Gasteiger charge is 2.16. The van der Waals surface area contributed by atoms with Gasteiger partial charge in [0.05, 0.1) is 16.3 Å². The molecule has 1 atom stereocenters. The monoisotopic (exact) mass is 270 g/mol. The first-order valence-corrected chi connectivity index (χ1v) is 5.62. The standard InChI is InChI=1S/C11H15ClN4O2/c1-5(2-9(14)17)16-10-7(11(15)18)3-6(13)4-8(10)12/h3-5,16H,2,13H2,1H3,(H2,14,17)(H2,15,18). The first-order chi connectivity index (χ1) is 8.31. The molecular formula is C11H15ClN4O2. The van der Waals surface area contributed by atoms with E-state index in [0.717, 1.165) is 0 Å². The molecule has 0 bridgehead atoms. The van der Waals surface area contributed by atoms with Crippen LogP contribution in [0.1, 0.15) is 23.7 Å². The quantitative estimate of drug-likeness (QED) is 0.588. The van der Waals surface area contributed by atoms with Gasteiger partial charge in [0, 0.05) is 18.2 Å². The first kappa shape index (κ1) is 14.1. The summed E-state index contributed by atoms with van der Waals surface area (Å²) in [6.45, 7) is 1.74. The van der Waals surface area contributed by atoms with Crippen molar-refractivity contribution in [2.75, 3.05) is 11.1 Å². The summed E-state index contributed by atoms with van der Waals surface area (Å²) in [5.41, 5.74) is 16.8. The predicted octanol–water partition coefficient (Wildman–Crippen LogP) is 0.697. The van der Waals surface area contributed by atoms with E-state index in [-0.39, 0.29) is 23.0 Å². The molecule has 2 amide bonds. The number of hydrogen-bond donors (Lipinski definition) is 4. The van der Waals surface area contributed by atoms with Crippen molar-refractivity contribution in [3.05, 3.63) is 22.7 Å². The number of nitrogen functional groups attached to an aromatic ring is 1. The van der Waals surface area contributed by atoms with Crippen LogP contribution in [0.4, 0.5) is 11.4 Å². The van der Waals surface area contributed by atoms with E-state index in [2.05, 4.69) is 5.32 Å². The Morgan fingerprint density at radius 3 is 2.50 bits per heavy atom. The highest BCUT2D eigenvalue weighted by atomic mass is 35.5. The van der Waals surface area contributed by atoms with Crippen LogP contribution >= 0.6 is 11.6 Å². The predicted molar refractivity (Wildman–Crippen MR) is 71.3 cm³/mol. The Hall–Kier alpha value is -1.95. The van der Waals surface area contributed by atoms with Crippen LogP contribution in [0.5, 0.6) is 0 Å². The number of nitrogens with two attached hydrogens (primary N) is 3. The fourth-order valence-corrected chi connectivity index (χ4v) is 1.85. The maximum Gasteiger partial charge on any atom is 0.250 e. The Labute approximate surface area is 109 Å². The van der Waals surface area contributed by atoms with Crippen molar-refractivity contribution in [1.29, 1.82) is 0 Å². The number of halogens is 1. The number of carbonyl (C=O) groups excluding carboxylic acids is 2. The Bertz CT molecular complexity index is 490. The van der Waals surface area contributed by atoms with E-state index < -0.39 is 11.8 Å². The van der Waals surface area contributed by atoms with Crippen molar-refractivity contribution in [3.8, 4) is 0 Å². The van der Waals surface area contributed by atoms with Crippen molar-refractivity contribution in [1.82, 2.24) is 0 Å². The smallest absolute Gasteiger partial charge is 0.250 e. The lowest BCUT2D eigenvalue weighted by Gasteiger charge is -2.17. The minimum absolute atomic E-state index is 0.110. The van der Waals surface area contributed by atoms with Gasteiger partial charge in [-0.3, -0.25) is 9.59 Å². The Balaban J connectivity index is 3.07. The summed E-state index contributed by atoms with van der Waals surface area (Å²) in [4.78, 5) is 22.1. The van der Waals surface area contributed by atoms with Crippen LogP contribution in [0.15, 0.2) is 12.1 Å². The Morgan fingerprint density at radius 2 is 2.00 bits per heavy atom. The number of primary amides is 2. The second kappa shape index (κ2) is 5.59. The molecule has 0 aromatic heterocycles. The molecule has 1 aromatic carbocycles. The third kappa shape index (κ3) is 3.53. The van der Waals surface area contributed by atoms with Gasteiger partial charge in [-0.05, 0) is 19.1 Å². The summed E-state index contributed by atoms with van der Waals surface area (Å²) in [7, 11) is 0. The third-order valence-electron chi connectivity index (χ3n) is 2.28. The molecule has 0 saturated carbocycles. The van der Waals surface area contributed by atoms with Crippen LogP contribution in [0.25, 0.3) is 0 Å². The molecule has 6 nitrogen and oxygen atoms in total. The average molecular weight is 271 g/mol. The molecule has 1 aromatic rings. The van der Waals surface area contributed by atoms with Gasteiger partial charge in [0.1, 0.15) is 0 Å². The lowest BCUT2D eigenvalue weighted by atomic mass is 10.1. The van der Waals surface area contributed by atoms with E-state index in [0.29, 0.717) is 11.4 Å². The van der Waals surface area contributed by atoms with Crippen molar-refractivity contribution in [3.63, 3.8) is 0 Å². The fraction of sp³-hybridized carbons (Fsp3) is 0.273. The SMILES string of the molecule is CC(CC(N)=O)Nc1c(Cl)cc(N)cc1C(N)=O. The molecule has 1 rings (SSSR count). The molecule has 0 aliphatic heterocycles. The van der Waals surface area contributed by atoms with Crippen molar-refractivity contribution in [2.45, 2.75) is 19.4 Å². The summed E-state index contributed by atoms with van der Waals surface area (Å²) in [6.07, 6.45) is 0.110. The number of hydrogen-bond acceptors (Lipinski definition) is 4. The molecule has 0 aliphatic rings. The number of benzene rings is 1. The van der Waals surface area contributed by atoms with Crippen LogP contribution in [0.2, 0.25) is 5.02 Å². The van der Waals surface area contributed by atoms with Gasteiger partial charge in [-0.2, -0.15) is 0 Å². The molecule has 1 unspecified atom stereocenters. The van der Waals surface area contributed by atoms with E-state index in [1.54, 1.807) is 6.92 Å². The first-order valence-electron chi connectivity index (χ1n) is 5.25. The number of nitrogens with one attached hydrogen (secondary N) is 1. The van der Waals surface area contributed by atoms with Gasteiger partial charge < -0.3 is 22.5 Å².